The molecule has 0 saturated carbocycles. The number of unbranched alkanes of at least 4 members (excludes halogenated alkanes) is 8. The molecule has 20 heavy (non-hydrogen) atoms. The van der Waals surface area contributed by atoms with Crippen LogP contribution < -0.4 is 5.32 Å². The molecule has 0 aliphatic rings. The van der Waals surface area contributed by atoms with Crippen LogP contribution in [0.15, 0.2) is 30.3 Å². The molecule has 0 radical (unpaired) electrons. The van der Waals surface area contributed by atoms with Gasteiger partial charge in [0.25, 0.3) is 0 Å². The van der Waals surface area contributed by atoms with E-state index in [-0.39, 0.29) is 0 Å². The summed E-state index contributed by atoms with van der Waals surface area (Å²) < 4.78 is 0. The lowest BCUT2D eigenvalue weighted by atomic mass is 9.99. The Morgan fingerprint density at radius 3 is 1.90 bits per heavy atom. The average molecular weight is 275 g/mol. The van der Waals surface area contributed by atoms with Crippen molar-refractivity contribution < 1.29 is 0 Å². The first kappa shape index (κ1) is 17.2. The van der Waals surface area contributed by atoms with Gasteiger partial charge < -0.3 is 5.32 Å². The number of hydrogen-bond acceptors (Lipinski definition) is 1. The SMILES string of the molecule is CCCCCCCCCCCC(NC)c1ccccc1. The minimum atomic E-state index is 0.528. The molecule has 0 saturated heterocycles. The smallest absolute Gasteiger partial charge is 0.0317 e. The lowest BCUT2D eigenvalue weighted by Crippen LogP contribution is -2.16. The van der Waals surface area contributed by atoms with E-state index in [0.717, 1.165) is 0 Å². The third kappa shape index (κ3) is 7.69. The second-order valence-corrected chi connectivity index (χ2v) is 5.87. The summed E-state index contributed by atoms with van der Waals surface area (Å²) >= 11 is 0. The highest BCUT2D eigenvalue weighted by Gasteiger charge is 2.07. The molecule has 0 heterocycles. The fraction of sp³-hybridized carbons (Fsp3) is 0.684. The fourth-order valence-corrected chi connectivity index (χ4v) is 2.82. The van der Waals surface area contributed by atoms with Crippen LogP contribution >= 0.6 is 0 Å². The molecule has 0 fully saturated rings. The van der Waals surface area contributed by atoms with Crippen molar-refractivity contribution in [1.29, 1.82) is 0 Å². The van der Waals surface area contributed by atoms with Crippen LogP contribution in [-0.2, 0) is 0 Å². The lowest BCUT2D eigenvalue weighted by Gasteiger charge is -2.16. The van der Waals surface area contributed by atoms with E-state index in [1.165, 1.54) is 69.8 Å². The van der Waals surface area contributed by atoms with Crippen LogP contribution in [0.3, 0.4) is 0 Å². The Morgan fingerprint density at radius 2 is 1.35 bits per heavy atom. The molecule has 0 aromatic heterocycles. The lowest BCUT2D eigenvalue weighted by molar-refractivity contribution is 0.493. The number of hydrogen-bond donors (Lipinski definition) is 1. The zero-order valence-electron chi connectivity index (χ0n) is 13.5. The molecule has 1 unspecified atom stereocenters. The highest BCUT2D eigenvalue weighted by molar-refractivity contribution is 5.18. The molecule has 1 aromatic carbocycles. The summed E-state index contributed by atoms with van der Waals surface area (Å²) in [7, 11) is 2.07. The van der Waals surface area contributed by atoms with Crippen LogP contribution in [-0.4, -0.2) is 7.05 Å². The van der Waals surface area contributed by atoms with E-state index in [0.29, 0.717) is 6.04 Å². The largest absolute Gasteiger partial charge is 0.313 e. The van der Waals surface area contributed by atoms with Gasteiger partial charge in [0.1, 0.15) is 0 Å². The van der Waals surface area contributed by atoms with Gasteiger partial charge in [-0.3, -0.25) is 0 Å². The van der Waals surface area contributed by atoms with Gasteiger partial charge in [-0.2, -0.15) is 0 Å². The number of nitrogens with one attached hydrogen (secondary N) is 1. The van der Waals surface area contributed by atoms with Gasteiger partial charge in [-0.05, 0) is 19.0 Å². The maximum Gasteiger partial charge on any atom is 0.0317 e. The van der Waals surface area contributed by atoms with Gasteiger partial charge >= 0.3 is 0 Å². The minimum Gasteiger partial charge on any atom is -0.313 e. The molecule has 0 aliphatic carbocycles. The van der Waals surface area contributed by atoms with Gasteiger partial charge in [-0.1, -0.05) is 95.0 Å². The normalized spacial score (nSPS) is 12.5. The summed E-state index contributed by atoms with van der Waals surface area (Å²) in [6.07, 6.45) is 13.9. The van der Waals surface area contributed by atoms with Gasteiger partial charge in [0.2, 0.25) is 0 Å². The molecule has 1 rings (SSSR count). The van der Waals surface area contributed by atoms with Crippen molar-refractivity contribution in [2.75, 3.05) is 7.05 Å². The van der Waals surface area contributed by atoms with Crippen molar-refractivity contribution in [2.45, 2.75) is 77.2 Å². The molecular formula is C19H33N. The monoisotopic (exact) mass is 275 g/mol. The molecule has 1 heteroatoms. The van der Waals surface area contributed by atoms with Crippen LogP contribution in [0.25, 0.3) is 0 Å². The van der Waals surface area contributed by atoms with Crippen molar-refractivity contribution in [3.8, 4) is 0 Å². The summed E-state index contributed by atoms with van der Waals surface area (Å²) in [5.41, 5.74) is 1.43. The molecule has 0 aliphatic heterocycles. The molecule has 114 valence electrons. The second kappa shape index (κ2) is 12.0. The first-order chi connectivity index (χ1) is 9.88. The Morgan fingerprint density at radius 1 is 0.800 bits per heavy atom. The van der Waals surface area contributed by atoms with Crippen LogP contribution in [0.1, 0.15) is 82.7 Å². The van der Waals surface area contributed by atoms with Gasteiger partial charge in [0, 0.05) is 6.04 Å². The predicted molar refractivity (Wildman–Crippen MR) is 90.1 cm³/mol. The average Bonchev–Trinajstić information content (AvgIpc) is 2.50. The standard InChI is InChI=1S/C19H33N/c1-3-4-5-6-7-8-9-10-14-17-19(20-2)18-15-12-11-13-16-18/h11-13,15-16,19-20H,3-10,14,17H2,1-2H3. The van der Waals surface area contributed by atoms with Crippen LogP contribution in [0.2, 0.25) is 0 Å². The summed E-state index contributed by atoms with van der Waals surface area (Å²) in [6, 6.07) is 11.4. The summed E-state index contributed by atoms with van der Waals surface area (Å²) in [5, 5.41) is 3.44. The quantitative estimate of drug-likeness (QED) is 0.470. The van der Waals surface area contributed by atoms with Crippen molar-refractivity contribution in [3.05, 3.63) is 35.9 Å². The molecule has 0 amide bonds. The van der Waals surface area contributed by atoms with Crippen LogP contribution in [0.4, 0.5) is 0 Å². The van der Waals surface area contributed by atoms with Crippen LogP contribution in [0.5, 0.6) is 0 Å². The van der Waals surface area contributed by atoms with Crippen LogP contribution in [0, 0.1) is 0 Å². The second-order valence-electron chi connectivity index (χ2n) is 5.87. The van der Waals surface area contributed by atoms with E-state index < -0.39 is 0 Å². The topological polar surface area (TPSA) is 12.0 Å². The summed E-state index contributed by atoms with van der Waals surface area (Å²) in [5.74, 6) is 0. The molecule has 1 atom stereocenters. The Labute approximate surface area is 126 Å². The van der Waals surface area contributed by atoms with Gasteiger partial charge in [-0.15, -0.1) is 0 Å². The highest BCUT2D eigenvalue weighted by Crippen LogP contribution is 2.20. The van der Waals surface area contributed by atoms with Gasteiger partial charge in [0.15, 0.2) is 0 Å². The third-order valence-corrected chi connectivity index (χ3v) is 4.15. The Bertz CT molecular complexity index is 307. The van der Waals surface area contributed by atoms with Crippen molar-refractivity contribution in [3.63, 3.8) is 0 Å². The Hall–Kier alpha value is -0.820. The van der Waals surface area contributed by atoms with Crippen molar-refractivity contribution in [1.82, 2.24) is 5.32 Å². The van der Waals surface area contributed by atoms with Gasteiger partial charge in [0.05, 0.1) is 0 Å². The number of benzene rings is 1. The molecule has 0 bridgehead atoms. The first-order valence-electron chi connectivity index (χ1n) is 8.60. The van der Waals surface area contributed by atoms with Crippen molar-refractivity contribution >= 4 is 0 Å². The summed E-state index contributed by atoms with van der Waals surface area (Å²) in [4.78, 5) is 0. The first-order valence-corrected chi connectivity index (χ1v) is 8.60. The van der Waals surface area contributed by atoms with E-state index in [4.69, 9.17) is 0 Å². The molecule has 1 aromatic rings. The Balaban J connectivity index is 2.02. The van der Waals surface area contributed by atoms with E-state index in [2.05, 4.69) is 49.6 Å². The maximum absolute atomic E-state index is 3.44. The van der Waals surface area contributed by atoms with E-state index in [1.54, 1.807) is 0 Å². The molecule has 0 spiro atoms. The molecular weight excluding hydrogens is 242 g/mol. The minimum absolute atomic E-state index is 0.528. The molecule has 1 N–H and O–H groups in total. The van der Waals surface area contributed by atoms with E-state index in [1.807, 2.05) is 0 Å². The van der Waals surface area contributed by atoms with Crippen molar-refractivity contribution in [2.24, 2.45) is 0 Å². The number of rotatable bonds is 12. The van der Waals surface area contributed by atoms with Gasteiger partial charge in [-0.25, -0.2) is 0 Å². The summed E-state index contributed by atoms with van der Waals surface area (Å²) in [6.45, 7) is 2.28. The molecule has 1 nitrogen and oxygen atoms in total. The highest BCUT2D eigenvalue weighted by atomic mass is 14.9. The zero-order valence-corrected chi connectivity index (χ0v) is 13.5. The Kier molecular flexibility index (Phi) is 10.3. The predicted octanol–water partition coefficient (Wildman–Crippen LogP) is 5.87. The third-order valence-electron chi connectivity index (χ3n) is 4.15. The van der Waals surface area contributed by atoms with E-state index in [9.17, 15) is 0 Å². The fourth-order valence-electron chi connectivity index (χ4n) is 2.82. The maximum atomic E-state index is 3.44. The zero-order chi connectivity index (χ0) is 14.5. The van der Waals surface area contributed by atoms with E-state index >= 15 is 0 Å².